The molecule has 2 heterocycles. The second kappa shape index (κ2) is 8.20. The second-order valence-corrected chi connectivity index (χ2v) is 6.76. The van der Waals surface area contributed by atoms with Crippen molar-refractivity contribution in [1.82, 2.24) is 14.9 Å². The minimum Gasteiger partial charge on any atom is -0.373 e. The molecule has 29 heavy (non-hydrogen) atoms. The van der Waals surface area contributed by atoms with Gasteiger partial charge in [0, 0.05) is 37.4 Å². The summed E-state index contributed by atoms with van der Waals surface area (Å²) in [5.41, 5.74) is 2.20. The summed E-state index contributed by atoms with van der Waals surface area (Å²) in [6, 6.07) is 10.1. The molecule has 0 aliphatic rings. The Balaban J connectivity index is 2.16. The van der Waals surface area contributed by atoms with E-state index in [1.807, 2.05) is 18.2 Å². The van der Waals surface area contributed by atoms with Crippen LogP contribution >= 0.6 is 11.6 Å². The number of aromatic nitrogens is 2. The lowest BCUT2D eigenvalue weighted by atomic mass is 10.1. The number of aryl methyl sites for hydroxylation is 1. The van der Waals surface area contributed by atoms with Crippen molar-refractivity contribution in [3.63, 3.8) is 0 Å². The van der Waals surface area contributed by atoms with Gasteiger partial charge in [0.2, 0.25) is 5.91 Å². The van der Waals surface area contributed by atoms with Crippen LogP contribution in [-0.4, -0.2) is 28.5 Å². The third-order valence-electron chi connectivity index (χ3n) is 4.56. The van der Waals surface area contributed by atoms with Crippen molar-refractivity contribution in [3.05, 3.63) is 57.6 Å². The Morgan fingerprint density at radius 3 is 2.72 bits per heavy atom. The van der Waals surface area contributed by atoms with Gasteiger partial charge in [-0.25, -0.2) is 4.98 Å². The van der Waals surface area contributed by atoms with E-state index in [1.165, 1.54) is 16.8 Å². The van der Waals surface area contributed by atoms with Gasteiger partial charge in [0.25, 0.3) is 5.56 Å². The van der Waals surface area contributed by atoms with Crippen LogP contribution in [0.4, 0.5) is 17.1 Å². The van der Waals surface area contributed by atoms with Crippen molar-refractivity contribution in [2.45, 2.75) is 13.0 Å². The van der Waals surface area contributed by atoms with E-state index >= 15 is 0 Å². The standard InChI is InChI=1S/C20H19ClN6O2/c1-11(20(29)23-2)25-16-9-17(28)27(3)18-12(16)5-4-6-15(18)26-14-7-8-24-19(21)13(14)10-22/h4-9,11,25H,1-3H3,(H,23,29)(H,24,26)/t11-/m1/s1. The number of benzene rings is 1. The Labute approximate surface area is 172 Å². The molecule has 0 saturated carbocycles. The quantitative estimate of drug-likeness (QED) is 0.557. The molecule has 3 rings (SSSR count). The number of carbonyl (C=O) groups excluding carboxylic acids is 1. The summed E-state index contributed by atoms with van der Waals surface area (Å²) in [6.45, 7) is 1.71. The van der Waals surface area contributed by atoms with Gasteiger partial charge in [-0.2, -0.15) is 5.26 Å². The SMILES string of the molecule is CNC(=O)[C@@H](C)Nc1cc(=O)n(C)c2c(Nc3ccnc(Cl)c3C#N)cccc12. The number of fused-ring (bicyclic) bond motifs is 1. The van der Waals surface area contributed by atoms with Crippen LogP contribution in [0.3, 0.4) is 0 Å². The molecule has 0 radical (unpaired) electrons. The molecule has 3 N–H and O–H groups in total. The highest BCUT2D eigenvalue weighted by Crippen LogP contribution is 2.31. The number of anilines is 3. The second-order valence-electron chi connectivity index (χ2n) is 6.40. The number of nitrogens with zero attached hydrogens (tertiary/aromatic N) is 3. The predicted octanol–water partition coefficient (Wildman–Crippen LogP) is 2.75. The molecule has 3 aromatic rings. The van der Waals surface area contributed by atoms with E-state index in [0.29, 0.717) is 22.6 Å². The monoisotopic (exact) mass is 410 g/mol. The topological polar surface area (TPSA) is 112 Å². The number of nitriles is 1. The molecule has 0 aliphatic carbocycles. The van der Waals surface area contributed by atoms with Crippen molar-refractivity contribution in [2.75, 3.05) is 17.7 Å². The van der Waals surface area contributed by atoms with Gasteiger partial charge < -0.3 is 20.5 Å². The molecule has 0 saturated heterocycles. The number of pyridine rings is 2. The van der Waals surface area contributed by atoms with Gasteiger partial charge in [-0.05, 0) is 19.1 Å². The van der Waals surface area contributed by atoms with Crippen LogP contribution in [0, 0.1) is 11.3 Å². The minimum atomic E-state index is -0.531. The van der Waals surface area contributed by atoms with Gasteiger partial charge in [0.05, 0.1) is 16.9 Å². The Morgan fingerprint density at radius 1 is 1.28 bits per heavy atom. The van der Waals surface area contributed by atoms with E-state index < -0.39 is 6.04 Å². The molecule has 0 unspecified atom stereocenters. The van der Waals surface area contributed by atoms with Crippen molar-refractivity contribution in [1.29, 1.82) is 5.26 Å². The normalized spacial score (nSPS) is 11.6. The maximum absolute atomic E-state index is 12.6. The Bertz CT molecular complexity index is 1200. The highest BCUT2D eigenvalue weighted by molar-refractivity contribution is 6.31. The van der Waals surface area contributed by atoms with Crippen molar-refractivity contribution in [2.24, 2.45) is 7.05 Å². The van der Waals surface area contributed by atoms with E-state index in [2.05, 4.69) is 20.9 Å². The van der Waals surface area contributed by atoms with Crippen LogP contribution in [0.1, 0.15) is 12.5 Å². The number of amides is 1. The van der Waals surface area contributed by atoms with E-state index in [4.69, 9.17) is 11.6 Å². The summed E-state index contributed by atoms with van der Waals surface area (Å²) in [5.74, 6) is -0.196. The molecule has 0 spiro atoms. The molecule has 2 aromatic heterocycles. The minimum absolute atomic E-state index is 0.0911. The smallest absolute Gasteiger partial charge is 0.252 e. The summed E-state index contributed by atoms with van der Waals surface area (Å²) in [7, 11) is 3.21. The van der Waals surface area contributed by atoms with E-state index in [9.17, 15) is 14.9 Å². The zero-order chi connectivity index (χ0) is 21.1. The summed E-state index contributed by atoms with van der Waals surface area (Å²) in [6.07, 6.45) is 1.49. The summed E-state index contributed by atoms with van der Waals surface area (Å²) in [5, 5.41) is 19.1. The summed E-state index contributed by atoms with van der Waals surface area (Å²) < 4.78 is 1.50. The fourth-order valence-electron chi connectivity index (χ4n) is 3.06. The van der Waals surface area contributed by atoms with Gasteiger partial charge >= 0.3 is 0 Å². The third-order valence-corrected chi connectivity index (χ3v) is 4.84. The van der Waals surface area contributed by atoms with E-state index in [-0.39, 0.29) is 22.2 Å². The van der Waals surface area contributed by atoms with Crippen LogP contribution in [0.5, 0.6) is 0 Å². The molecule has 0 fully saturated rings. The van der Waals surface area contributed by atoms with Crippen LogP contribution in [0.15, 0.2) is 41.3 Å². The molecule has 1 aromatic carbocycles. The Kier molecular flexibility index (Phi) is 5.71. The first-order chi connectivity index (χ1) is 13.9. The highest BCUT2D eigenvalue weighted by atomic mass is 35.5. The number of para-hydroxylation sites is 1. The van der Waals surface area contributed by atoms with Gasteiger partial charge in [0.15, 0.2) is 0 Å². The number of halogens is 1. The Hall–Kier alpha value is -3.57. The van der Waals surface area contributed by atoms with Crippen LogP contribution in [-0.2, 0) is 11.8 Å². The predicted molar refractivity (Wildman–Crippen MR) is 114 cm³/mol. The average molecular weight is 411 g/mol. The van der Waals surface area contributed by atoms with Crippen molar-refractivity contribution < 1.29 is 4.79 Å². The molecule has 8 nitrogen and oxygen atoms in total. The van der Waals surface area contributed by atoms with Crippen molar-refractivity contribution in [3.8, 4) is 6.07 Å². The van der Waals surface area contributed by atoms with Crippen LogP contribution in [0.25, 0.3) is 10.9 Å². The number of hydrogen-bond donors (Lipinski definition) is 3. The molecule has 0 aliphatic heterocycles. The zero-order valence-electron chi connectivity index (χ0n) is 16.1. The first kappa shape index (κ1) is 20.2. The van der Waals surface area contributed by atoms with E-state index in [0.717, 1.165) is 5.39 Å². The van der Waals surface area contributed by atoms with Gasteiger partial charge in [-0.3, -0.25) is 9.59 Å². The molecular formula is C20H19ClN6O2. The van der Waals surface area contributed by atoms with Gasteiger partial charge in [0.1, 0.15) is 22.8 Å². The fourth-order valence-corrected chi connectivity index (χ4v) is 3.26. The van der Waals surface area contributed by atoms with Gasteiger partial charge in [-0.1, -0.05) is 23.7 Å². The average Bonchev–Trinajstić information content (AvgIpc) is 2.71. The highest BCUT2D eigenvalue weighted by Gasteiger charge is 2.16. The number of hydrogen-bond acceptors (Lipinski definition) is 6. The Morgan fingerprint density at radius 2 is 2.03 bits per heavy atom. The van der Waals surface area contributed by atoms with Crippen LogP contribution < -0.4 is 21.5 Å². The molecule has 148 valence electrons. The number of likely N-dealkylation sites (N-methyl/N-ethyl adjacent to an activating group) is 1. The lowest BCUT2D eigenvalue weighted by Gasteiger charge is -2.19. The first-order valence-corrected chi connectivity index (χ1v) is 9.17. The summed E-state index contributed by atoms with van der Waals surface area (Å²) in [4.78, 5) is 28.4. The maximum Gasteiger partial charge on any atom is 0.252 e. The summed E-state index contributed by atoms with van der Waals surface area (Å²) >= 11 is 6.02. The molecule has 1 amide bonds. The first-order valence-electron chi connectivity index (χ1n) is 8.80. The van der Waals surface area contributed by atoms with Crippen molar-refractivity contribution >= 4 is 45.5 Å². The number of rotatable bonds is 5. The van der Waals surface area contributed by atoms with Gasteiger partial charge in [-0.15, -0.1) is 0 Å². The fraction of sp³-hybridized carbons (Fsp3) is 0.200. The number of nitrogens with one attached hydrogen (secondary N) is 3. The third kappa shape index (κ3) is 3.86. The largest absolute Gasteiger partial charge is 0.373 e. The lowest BCUT2D eigenvalue weighted by Crippen LogP contribution is -2.35. The molecule has 9 heteroatoms. The van der Waals surface area contributed by atoms with E-state index in [1.54, 1.807) is 33.2 Å². The lowest BCUT2D eigenvalue weighted by molar-refractivity contribution is -0.121. The maximum atomic E-state index is 12.6. The molecular weight excluding hydrogens is 392 g/mol. The number of carbonyl (C=O) groups is 1. The van der Waals surface area contributed by atoms with Crippen LogP contribution in [0.2, 0.25) is 5.15 Å². The zero-order valence-corrected chi connectivity index (χ0v) is 16.8. The molecule has 1 atom stereocenters. The molecule has 0 bridgehead atoms.